The standard InChI is InChI=1S/C15H21FO2/c1-5-18-14(17)15(4,16)13-8-6-12(7-9-13)10-11(2)3/h6-9,11H,5,10H2,1-4H3. The smallest absolute Gasteiger partial charge is 0.348 e. The fourth-order valence-electron chi connectivity index (χ4n) is 1.81. The van der Waals surface area contributed by atoms with Crippen LogP contribution in [0.2, 0.25) is 0 Å². The molecule has 100 valence electrons. The Hall–Kier alpha value is -1.38. The van der Waals surface area contributed by atoms with Gasteiger partial charge in [-0.05, 0) is 31.7 Å². The average molecular weight is 252 g/mol. The Kier molecular flexibility index (Phi) is 4.88. The summed E-state index contributed by atoms with van der Waals surface area (Å²) in [5, 5.41) is 0. The maximum Gasteiger partial charge on any atom is 0.348 e. The molecule has 0 radical (unpaired) electrons. The minimum atomic E-state index is -2.08. The molecule has 0 heterocycles. The monoisotopic (exact) mass is 252 g/mol. The maximum atomic E-state index is 14.3. The predicted molar refractivity (Wildman–Crippen MR) is 70.1 cm³/mol. The quantitative estimate of drug-likeness (QED) is 0.748. The lowest BCUT2D eigenvalue weighted by molar-refractivity contribution is -0.156. The molecule has 0 fully saturated rings. The van der Waals surface area contributed by atoms with Gasteiger partial charge in [0.25, 0.3) is 0 Å². The first-order chi connectivity index (χ1) is 8.37. The van der Waals surface area contributed by atoms with Gasteiger partial charge in [-0.25, -0.2) is 9.18 Å². The van der Waals surface area contributed by atoms with Crippen LogP contribution in [0, 0.1) is 5.92 Å². The number of carbonyl (C=O) groups is 1. The van der Waals surface area contributed by atoms with Crippen molar-refractivity contribution in [2.75, 3.05) is 6.61 Å². The van der Waals surface area contributed by atoms with Crippen molar-refractivity contribution in [2.45, 2.75) is 39.8 Å². The fraction of sp³-hybridized carbons (Fsp3) is 0.533. The van der Waals surface area contributed by atoms with Crippen molar-refractivity contribution in [1.29, 1.82) is 0 Å². The molecule has 18 heavy (non-hydrogen) atoms. The SMILES string of the molecule is CCOC(=O)C(C)(F)c1ccc(CC(C)C)cc1. The zero-order chi connectivity index (χ0) is 13.8. The maximum absolute atomic E-state index is 14.3. The molecule has 1 aromatic rings. The number of alkyl halides is 1. The Morgan fingerprint density at radius 1 is 1.33 bits per heavy atom. The average Bonchev–Trinajstić information content (AvgIpc) is 2.29. The fourth-order valence-corrected chi connectivity index (χ4v) is 1.81. The first-order valence-corrected chi connectivity index (χ1v) is 6.33. The van der Waals surface area contributed by atoms with Gasteiger partial charge >= 0.3 is 5.97 Å². The van der Waals surface area contributed by atoms with Crippen molar-refractivity contribution in [3.8, 4) is 0 Å². The van der Waals surface area contributed by atoms with Gasteiger partial charge in [0.05, 0.1) is 6.61 Å². The van der Waals surface area contributed by atoms with E-state index in [9.17, 15) is 9.18 Å². The number of esters is 1. The molecule has 3 heteroatoms. The summed E-state index contributed by atoms with van der Waals surface area (Å²) in [6, 6.07) is 7.06. The summed E-state index contributed by atoms with van der Waals surface area (Å²) < 4.78 is 19.1. The van der Waals surface area contributed by atoms with Gasteiger partial charge in [-0.3, -0.25) is 0 Å². The molecule has 1 aromatic carbocycles. The first kappa shape index (κ1) is 14.7. The van der Waals surface area contributed by atoms with E-state index in [1.54, 1.807) is 19.1 Å². The summed E-state index contributed by atoms with van der Waals surface area (Å²) in [5.74, 6) is -0.278. The Bertz CT molecular complexity index is 393. The van der Waals surface area contributed by atoms with Crippen molar-refractivity contribution >= 4 is 5.97 Å². The highest BCUT2D eigenvalue weighted by Gasteiger charge is 2.36. The van der Waals surface area contributed by atoms with Crippen LogP contribution >= 0.6 is 0 Å². The molecular formula is C15H21FO2. The third kappa shape index (κ3) is 3.56. The molecule has 1 unspecified atom stereocenters. The zero-order valence-corrected chi connectivity index (χ0v) is 11.5. The van der Waals surface area contributed by atoms with Crippen LogP contribution in [0.25, 0.3) is 0 Å². The van der Waals surface area contributed by atoms with Gasteiger partial charge in [0.15, 0.2) is 0 Å². The lowest BCUT2D eigenvalue weighted by atomic mass is 9.95. The van der Waals surface area contributed by atoms with Gasteiger partial charge in [-0.1, -0.05) is 38.1 Å². The summed E-state index contributed by atoms with van der Waals surface area (Å²) >= 11 is 0. The molecule has 1 rings (SSSR count). The van der Waals surface area contributed by atoms with Crippen molar-refractivity contribution in [3.63, 3.8) is 0 Å². The van der Waals surface area contributed by atoms with E-state index in [1.165, 1.54) is 6.92 Å². The molecule has 0 aliphatic heterocycles. The molecule has 0 N–H and O–H groups in total. The van der Waals surface area contributed by atoms with E-state index in [0.717, 1.165) is 12.0 Å². The van der Waals surface area contributed by atoms with E-state index in [0.29, 0.717) is 11.5 Å². The molecular weight excluding hydrogens is 231 g/mol. The van der Waals surface area contributed by atoms with Crippen LogP contribution in [0.3, 0.4) is 0 Å². The van der Waals surface area contributed by atoms with Crippen LogP contribution in [0.15, 0.2) is 24.3 Å². The number of hydrogen-bond acceptors (Lipinski definition) is 2. The van der Waals surface area contributed by atoms with Crippen molar-refractivity contribution in [1.82, 2.24) is 0 Å². The molecule has 0 amide bonds. The van der Waals surface area contributed by atoms with E-state index in [4.69, 9.17) is 4.74 Å². The van der Waals surface area contributed by atoms with Crippen molar-refractivity contribution < 1.29 is 13.9 Å². The van der Waals surface area contributed by atoms with Gasteiger partial charge in [0, 0.05) is 5.56 Å². The van der Waals surface area contributed by atoms with Crippen LogP contribution in [-0.2, 0) is 21.6 Å². The van der Waals surface area contributed by atoms with E-state index >= 15 is 0 Å². The predicted octanol–water partition coefficient (Wildman–Crippen LogP) is 3.63. The Morgan fingerprint density at radius 3 is 2.33 bits per heavy atom. The van der Waals surface area contributed by atoms with Crippen molar-refractivity contribution in [3.05, 3.63) is 35.4 Å². The van der Waals surface area contributed by atoms with Crippen molar-refractivity contribution in [2.24, 2.45) is 5.92 Å². The summed E-state index contributed by atoms with van der Waals surface area (Å²) in [6.07, 6.45) is 0.947. The molecule has 0 saturated carbocycles. The van der Waals surface area contributed by atoms with Gasteiger partial charge in [-0.2, -0.15) is 0 Å². The summed E-state index contributed by atoms with van der Waals surface area (Å²) in [7, 11) is 0. The third-order valence-electron chi connectivity index (χ3n) is 2.80. The van der Waals surface area contributed by atoms with Crippen LogP contribution < -0.4 is 0 Å². The van der Waals surface area contributed by atoms with Crippen LogP contribution in [0.4, 0.5) is 4.39 Å². The topological polar surface area (TPSA) is 26.3 Å². The molecule has 0 aliphatic rings. The van der Waals surface area contributed by atoms with Crippen LogP contribution in [-0.4, -0.2) is 12.6 Å². The summed E-state index contributed by atoms with van der Waals surface area (Å²) in [4.78, 5) is 11.5. The van der Waals surface area contributed by atoms with Gasteiger partial charge in [-0.15, -0.1) is 0 Å². The zero-order valence-electron chi connectivity index (χ0n) is 11.5. The summed E-state index contributed by atoms with van der Waals surface area (Å²) in [5.41, 5.74) is -0.589. The number of rotatable bonds is 5. The number of carbonyl (C=O) groups excluding carboxylic acids is 1. The minimum absolute atomic E-state index is 0.184. The second-order valence-corrected chi connectivity index (χ2v) is 5.02. The van der Waals surface area contributed by atoms with E-state index in [-0.39, 0.29) is 6.61 Å². The number of benzene rings is 1. The Balaban J connectivity index is 2.86. The molecule has 0 aliphatic carbocycles. The second kappa shape index (κ2) is 5.98. The molecule has 0 spiro atoms. The van der Waals surface area contributed by atoms with Gasteiger partial charge in [0.2, 0.25) is 5.67 Å². The normalized spacial score (nSPS) is 14.3. The van der Waals surface area contributed by atoms with E-state index in [1.807, 2.05) is 12.1 Å². The van der Waals surface area contributed by atoms with Gasteiger partial charge < -0.3 is 4.74 Å². The molecule has 1 atom stereocenters. The van der Waals surface area contributed by atoms with Crippen LogP contribution in [0.1, 0.15) is 38.8 Å². The number of halogens is 1. The molecule has 0 aromatic heterocycles. The number of hydrogen-bond donors (Lipinski definition) is 0. The molecule has 2 nitrogen and oxygen atoms in total. The second-order valence-electron chi connectivity index (χ2n) is 5.02. The largest absolute Gasteiger partial charge is 0.463 e. The highest BCUT2D eigenvalue weighted by atomic mass is 19.1. The van der Waals surface area contributed by atoms with Gasteiger partial charge in [0.1, 0.15) is 0 Å². The van der Waals surface area contributed by atoms with Crippen LogP contribution in [0.5, 0.6) is 0 Å². The van der Waals surface area contributed by atoms with E-state index < -0.39 is 11.6 Å². The first-order valence-electron chi connectivity index (χ1n) is 6.33. The minimum Gasteiger partial charge on any atom is -0.463 e. The summed E-state index contributed by atoms with van der Waals surface area (Å²) in [6.45, 7) is 7.35. The lowest BCUT2D eigenvalue weighted by Gasteiger charge is -2.19. The molecule has 0 bridgehead atoms. The Labute approximate surface area is 108 Å². The molecule has 0 saturated heterocycles. The lowest BCUT2D eigenvalue weighted by Crippen LogP contribution is -2.29. The third-order valence-corrected chi connectivity index (χ3v) is 2.80. The highest BCUT2D eigenvalue weighted by molar-refractivity contribution is 5.80. The van der Waals surface area contributed by atoms with E-state index in [2.05, 4.69) is 13.8 Å². The highest BCUT2D eigenvalue weighted by Crippen LogP contribution is 2.27. The number of ether oxygens (including phenoxy) is 1. The Morgan fingerprint density at radius 2 is 1.89 bits per heavy atom.